The number of benzene rings is 1. The van der Waals surface area contributed by atoms with Crippen LogP contribution in [0, 0.1) is 5.92 Å². The van der Waals surface area contributed by atoms with Gasteiger partial charge in [-0.05, 0) is 24.8 Å². The Kier molecular flexibility index (Phi) is 5.36. The molecule has 2 fully saturated rings. The molecule has 0 aliphatic carbocycles. The summed E-state index contributed by atoms with van der Waals surface area (Å²) < 4.78 is 0. The molecule has 0 aromatic heterocycles. The number of carboxylic acid groups (broad SMARTS) is 1. The zero-order valence-corrected chi connectivity index (χ0v) is 18.5. The Morgan fingerprint density at radius 1 is 1.30 bits per heavy atom. The molecular weight excluding hydrogens is 426 g/mol. The predicted octanol–water partition coefficient (Wildman–Crippen LogP) is 2.74. The Balaban J connectivity index is 1.70. The van der Waals surface area contributed by atoms with Gasteiger partial charge in [-0.2, -0.15) is 0 Å². The first-order chi connectivity index (χ1) is 14.2. The van der Waals surface area contributed by atoms with Crippen LogP contribution in [0.1, 0.15) is 38.8 Å². The van der Waals surface area contributed by atoms with Crippen LogP contribution in [-0.2, 0) is 14.4 Å². The average Bonchev–Trinajstić information content (AvgIpc) is 2.93. The number of carboxylic acids is 1. The minimum Gasteiger partial charge on any atom is -0.477 e. The van der Waals surface area contributed by atoms with Crippen LogP contribution < -0.4 is 5.32 Å². The molecule has 30 heavy (non-hydrogen) atoms. The van der Waals surface area contributed by atoms with Crippen molar-refractivity contribution < 1.29 is 19.5 Å². The summed E-state index contributed by atoms with van der Waals surface area (Å²) in [4.78, 5) is 41.2. The van der Waals surface area contributed by atoms with Crippen LogP contribution in [0.3, 0.4) is 0 Å². The Bertz CT molecular complexity index is 937. The lowest BCUT2D eigenvalue weighted by Crippen LogP contribution is -2.74. The maximum Gasteiger partial charge on any atom is 0.353 e. The van der Waals surface area contributed by atoms with E-state index in [4.69, 9.17) is 11.6 Å². The highest BCUT2D eigenvalue weighted by molar-refractivity contribution is 8.00. The Hall–Kier alpha value is -2.03. The van der Waals surface area contributed by atoms with Crippen LogP contribution in [0.15, 0.2) is 41.1 Å². The molecule has 4 rings (SSSR count). The van der Waals surface area contributed by atoms with Crippen LogP contribution in [0.5, 0.6) is 0 Å². The maximum atomic E-state index is 13.6. The van der Waals surface area contributed by atoms with Crippen molar-refractivity contribution in [2.75, 3.05) is 5.75 Å². The maximum absolute atomic E-state index is 13.6. The van der Waals surface area contributed by atoms with Gasteiger partial charge in [0.05, 0.1) is 10.7 Å². The fraction of sp³-hybridized carbons (Fsp3) is 0.476. The van der Waals surface area contributed by atoms with Gasteiger partial charge in [-0.15, -0.1) is 11.8 Å². The number of amides is 2. The third kappa shape index (κ3) is 3.21. The molecule has 160 valence electrons. The molecule has 0 radical (unpaired) electrons. The molecule has 2 unspecified atom stereocenters. The first-order valence-corrected chi connectivity index (χ1v) is 11.3. The van der Waals surface area contributed by atoms with Crippen LogP contribution in [0.4, 0.5) is 0 Å². The third-order valence-electron chi connectivity index (χ3n) is 5.78. The van der Waals surface area contributed by atoms with Crippen molar-refractivity contribution in [1.29, 1.82) is 0 Å². The van der Waals surface area contributed by atoms with E-state index in [1.165, 1.54) is 16.7 Å². The molecule has 4 atom stereocenters. The minimum atomic E-state index is -1.23. The summed E-state index contributed by atoms with van der Waals surface area (Å²) in [6, 6.07) is 8.16. The lowest BCUT2D eigenvalue weighted by atomic mass is 9.94. The number of hydrogen-bond acceptors (Lipinski definition) is 5. The molecule has 1 aromatic rings. The van der Waals surface area contributed by atoms with Gasteiger partial charge in [0.1, 0.15) is 23.2 Å². The second kappa shape index (κ2) is 7.59. The Labute approximate surface area is 184 Å². The number of aliphatic carboxylic acids is 1. The fourth-order valence-electron chi connectivity index (χ4n) is 4.76. The highest BCUT2D eigenvalue weighted by atomic mass is 35.5. The van der Waals surface area contributed by atoms with Crippen molar-refractivity contribution in [3.63, 3.8) is 0 Å². The van der Waals surface area contributed by atoms with Gasteiger partial charge < -0.3 is 10.0 Å². The molecular formula is C21H24ClN3O4S. The predicted molar refractivity (Wildman–Crippen MR) is 114 cm³/mol. The number of halogens is 1. The van der Waals surface area contributed by atoms with Crippen LogP contribution in [0.25, 0.3) is 0 Å². The quantitative estimate of drug-likeness (QED) is 0.672. The number of hydrogen-bond donors (Lipinski definition) is 2. The highest BCUT2D eigenvalue weighted by Gasteiger charge is 2.63. The molecule has 0 bridgehead atoms. The number of rotatable bonds is 5. The SMILES string of the molecule is CC(C)CC1(C)NC(c2ccccc2)C(=O)N1[C@@H]1C(=O)N2C(C(=O)O)=C(Cl)CS[C@H]12. The van der Waals surface area contributed by atoms with Crippen LogP contribution >= 0.6 is 23.4 Å². The van der Waals surface area contributed by atoms with E-state index in [-0.39, 0.29) is 22.6 Å². The second-order valence-corrected chi connectivity index (χ2v) is 10.0. The summed E-state index contributed by atoms with van der Waals surface area (Å²) in [6.45, 7) is 6.08. The van der Waals surface area contributed by atoms with E-state index in [9.17, 15) is 19.5 Å². The molecule has 0 spiro atoms. The van der Waals surface area contributed by atoms with Crippen molar-refractivity contribution in [2.45, 2.75) is 50.3 Å². The van der Waals surface area contributed by atoms with E-state index in [1.54, 1.807) is 4.90 Å². The van der Waals surface area contributed by atoms with E-state index in [0.717, 1.165) is 5.56 Å². The standard InChI is InChI=1S/C21H24ClN3O4S/c1-11(2)9-21(3)23-14(12-7-5-4-6-8-12)17(26)25(21)16-18(27)24-15(20(28)29)13(22)10-30-19(16)24/h4-8,11,14,16,19,23H,9-10H2,1-3H3,(H,28,29)/t14?,16-,19-,21?/m1/s1. The number of thioether (sulfide) groups is 1. The van der Waals surface area contributed by atoms with Gasteiger partial charge >= 0.3 is 5.97 Å². The van der Waals surface area contributed by atoms with Crippen molar-refractivity contribution >= 4 is 41.1 Å². The highest BCUT2D eigenvalue weighted by Crippen LogP contribution is 2.47. The third-order valence-corrected chi connectivity index (χ3v) is 7.52. The molecule has 0 saturated carbocycles. The molecule has 3 aliphatic rings. The van der Waals surface area contributed by atoms with Gasteiger partial charge in [-0.25, -0.2) is 4.79 Å². The second-order valence-electron chi connectivity index (χ2n) is 8.48. The molecule has 2 N–H and O–H groups in total. The normalized spacial score (nSPS) is 31.3. The molecule has 1 aromatic carbocycles. The van der Waals surface area contributed by atoms with Gasteiger partial charge in [-0.1, -0.05) is 55.8 Å². The van der Waals surface area contributed by atoms with Gasteiger partial charge in [0, 0.05) is 5.75 Å². The van der Waals surface area contributed by atoms with Crippen LogP contribution in [-0.4, -0.2) is 55.5 Å². The molecule has 2 amide bonds. The van der Waals surface area contributed by atoms with E-state index < -0.39 is 35.0 Å². The Morgan fingerprint density at radius 3 is 2.57 bits per heavy atom. The lowest BCUT2D eigenvalue weighted by molar-refractivity contribution is -0.163. The van der Waals surface area contributed by atoms with Gasteiger partial charge in [-0.3, -0.25) is 19.8 Å². The minimum absolute atomic E-state index is 0.147. The number of nitrogens with one attached hydrogen (secondary N) is 1. The number of carbonyl (C=O) groups is 3. The monoisotopic (exact) mass is 449 g/mol. The smallest absolute Gasteiger partial charge is 0.353 e. The summed E-state index contributed by atoms with van der Waals surface area (Å²) >= 11 is 7.48. The van der Waals surface area contributed by atoms with Gasteiger partial charge in [0.25, 0.3) is 5.91 Å². The molecule has 3 heterocycles. The Morgan fingerprint density at radius 2 is 1.97 bits per heavy atom. The number of fused-ring (bicyclic) bond motifs is 1. The summed E-state index contributed by atoms with van der Waals surface area (Å²) in [6.07, 6.45) is 0.658. The van der Waals surface area contributed by atoms with E-state index in [0.29, 0.717) is 12.2 Å². The fourth-order valence-corrected chi connectivity index (χ4v) is 6.35. The van der Waals surface area contributed by atoms with Crippen molar-refractivity contribution in [3.8, 4) is 0 Å². The summed E-state index contributed by atoms with van der Waals surface area (Å²) in [5.41, 5.74) is -0.0619. The lowest BCUT2D eigenvalue weighted by Gasteiger charge is -2.54. The van der Waals surface area contributed by atoms with Crippen molar-refractivity contribution in [3.05, 3.63) is 46.6 Å². The van der Waals surface area contributed by atoms with Crippen molar-refractivity contribution in [1.82, 2.24) is 15.1 Å². The number of nitrogens with zero attached hydrogens (tertiary/aromatic N) is 2. The zero-order chi connectivity index (χ0) is 21.8. The molecule has 7 nitrogen and oxygen atoms in total. The topological polar surface area (TPSA) is 90.0 Å². The summed E-state index contributed by atoms with van der Waals surface area (Å²) in [5, 5.41) is 12.7. The summed E-state index contributed by atoms with van der Waals surface area (Å²) in [7, 11) is 0. The van der Waals surface area contributed by atoms with Crippen LogP contribution in [0.2, 0.25) is 0 Å². The van der Waals surface area contributed by atoms with Gasteiger partial charge in [0.2, 0.25) is 5.91 Å². The summed E-state index contributed by atoms with van der Waals surface area (Å²) in [5.74, 6) is -1.22. The van der Waals surface area contributed by atoms with Gasteiger partial charge in [0.15, 0.2) is 0 Å². The van der Waals surface area contributed by atoms with Crippen molar-refractivity contribution in [2.24, 2.45) is 5.92 Å². The van der Waals surface area contributed by atoms with E-state index in [1.807, 2.05) is 37.3 Å². The zero-order valence-electron chi connectivity index (χ0n) is 17.0. The number of carbonyl (C=O) groups excluding carboxylic acids is 2. The molecule has 9 heteroatoms. The largest absolute Gasteiger partial charge is 0.477 e. The average molecular weight is 450 g/mol. The number of β-lactam (4-membered cyclic amide) rings is 1. The van der Waals surface area contributed by atoms with E-state index in [2.05, 4.69) is 19.2 Å². The first-order valence-electron chi connectivity index (χ1n) is 9.88. The first kappa shape index (κ1) is 21.2. The molecule has 3 aliphatic heterocycles. The van der Waals surface area contributed by atoms with E-state index >= 15 is 0 Å². The molecule has 2 saturated heterocycles.